The SMILES string of the molecule is CCc1cc2c(nc1N)C#CCc1cc(O)c3c(c1[C@H]1Oc4c(ccc5c4[C@@]4(CC[C@H](C2)C4)Cc2cc(O)cc(OC)c2-5)[C@@H]1COC(C)=O)C=C[C@@H](NC)CO3. The molecule has 0 amide bonds. The number of anilines is 1. The third kappa shape index (κ3) is 5.83. The van der Waals surface area contributed by atoms with E-state index in [4.69, 9.17) is 29.7 Å². The second-order valence-corrected chi connectivity index (χ2v) is 16.0. The first-order valence-electron chi connectivity index (χ1n) is 19.6. The van der Waals surface area contributed by atoms with E-state index in [2.05, 4.69) is 42.3 Å². The van der Waals surface area contributed by atoms with Gasteiger partial charge < -0.3 is 40.2 Å². The van der Waals surface area contributed by atoms with Crippen LogP contribution in [-0.4, -0.2) is 54.6 Å². The number of nitrogens with one attached hydrogen (secondary N) is 1. The number of nitrogens with zero attached hydrogens (tertiary/aromatic N) is 1. The molecule has 10 nitrogen and oxygen atoms in total. The van der Waals surface area contributed by atoms with Gasteiger partial charge in [0.05, 0.1) is 19.1 Å². The second-order valence-electron chi connectivity index (χ2n) is 16.0. The van der Waals surface area contributed by atoms with Crippen LogP contribution in [0.2, 0.25) is 0 Å². The number of pyridine rings is 1. The molecule has 1 aromatic heterocycles. The molecule has 5 N–H and O–H groups in total. The van der Waals surface area contributed by atoms with Crippen LogP contribution < -0.4 is 25.3 Å². The van der Waals surface area contributed by atoms with Crippen molar-refractivity contribution in [3.63, 3.8) is 0 Å². The van der Waals surface area contributed by atoms with Crippen LogP contribution in [0.15, 0.2) is 42.5 Å². The largest absolute Gasteiger partial charge is 0.508 e. The van der Waals surface area contributed by atoms with E-state index in [1.807, 2.05) is 25.3 Å². The van der Waals surface area contributed by atoms with Gasteiger partial charge in [-0.15, -0.1) is 0 Å². The van der Waals surface area contributed by atoms with Gasteiger partial charge in [-0.2, -0.15) is 0 Å². The molecule has 4 bridgehead atoms. The van der Waals surface area contributed by atoms with Crippen LogP contribution in [0.25, 0.3) is 17.2 Å². The molecule has 3 aliphatic heterocycles. The monoisotopic (exact) mass is 753 g/mol. The molecule has 5 aliphatic rings. The van der Waals surface area contributed by atoms with Gasteiger partial charge in [-0.05, 0) is 103 Å². The summed E-state index contributed by atoms with van der Waals surface area (Å²) < 4.78 is 25.5. The number of aryl methyl sites for hydroxylation is 1. The van der Waals surface area contributed by atoms with Crippen LogP contribution in [0.1, 0.15) is 95.3 Å². The lowest BCUT2D eigenvalue weighted by Crippen LogP contribution is -2.31. The number of rotatable bonds is 5. The molecule has 0 radical (unpaired) electrons. The smallest absolute Gasteiger partial charge is 0.302 e. The van der Waals surface area contributed by atoms with Gasteiger partial charge in [0.25, 0.3) is 0 Å². The number of carbonyl (C=O) groups is 1. The minimum absolute atomic E-state index is 0.0165. The van der Waals surface area contributed by atoms with Crippen LogP contribution in [0.5, 0.6) is 28.7 Å². The number of nitrogens with two attached hydrogens (primary N) is 1. The first-order chi connectivity index (χ1) is 27.1. The van der Waals surface area contributed by atoms with Gasteiger partial charge >= 0.3 is 5.97 Å². The highest BCUT2D eigenvalue weighted by Crippen LogP contribution is 2.63. The summed E-state index contributed by atoms with van der Waals surface area (Å²) >= 11 is 0. The molecule has 56 heavy (non-hydrogen) atoms. The van der Waals surface area contributed by atoms with E-state index in [0.717, 1.165) is 87.9 Å². The molecule has 0 unspecified atom stereocenters. The highest BCUT2D eigenvalue weighted by Gasteiger charge is 2.51. The Bertz CT molecular complexity index is 2390. The quantitative estimate of drug-likeness (QED) is 0.126. The number of ether oxygens (including phenoxy) is 4. The number of methoxy groups -OCH3 is 1. The number of likely N-dealkylation sites (N-methyl/N-ethyl adjacent to an activating group) is 1. The van der Waals surface area contributed by atoms with Crippen molar-refractivity contribution in [2.45, 2.75) is 82.3 Å². The number of nitrogen functional groups attached to an aromatic ring is 1. The zero-order valence-corrected chi connectivity index (χ0v) is 32.3. The van der Waals surface area contributed by atoms with Crippen LogP contribution in [0.4, 0.5) is 5.82 Å². The number of phenolic OH excluding ortho intramolecular Hbond substituents is 2. The Balaban J connectivity index is 1.33. The normalized spacial score (nSPS) is 23.6. The Labute approximate surface area is 327 Å². The zero-order valence-electron chi connectivity index (χ0n) is 32.3. The van der Waals surface area contributed by atoms with Gasteiger partial charge in [-0.25, -0.2) is 4.98 Å². The summed E-state index contributed by atoms with van der Waals surface area (Å²) in [6.45, 7) is 3.94. The van der Waals surface area contributed by atoms with E-state index in [1.54, 1.807) is 19.2 Å². The van der Waals surface area contributed by atoms with E-state index in [9.17, 15) is 15.0 Å². The van der Waals surface area contributed by atoms with Gasteiger partial charge in [0.15, 0.2) is 11.5 Å². The Kier molecular flexibility index (Phi) is 8.89. The van der Waals surface area contributed by atoms with Crippen LogP contribution in [0, 0.1) is 17.8 Å². The Hall–Kier alpha value is -5.66. The Morgan fingerprint density at radius 1 is 1.14 bits per heavy atom. The molecule has 9 rings (SSSR count). The number of carbonyl (C=O) groups excluding carboxylic acids is 1. The molecule has 1 fully saturated rings. The third-order valence-electron chi connectivity index (χ3n) is 12.7. The maximum atomic E-state index is 12.5. The predicted molar refractivity (Wildman–Crippen MR) is 213 cm³/mol. The lowest BCUT2D eigenvalue weighted by molar-refractivity contribution is -0.141. The molecule has 4 heterocycles. The van der Waals surface area contributed by atoms with Gasteiger partial charge in [-0.3, -0.25) is 4.79 Å². The number of fused-ring (bicyclic) bond motifs is 9. The number of hydrogen-bond acceptors (Lipinski definition) is 10. The van der Waals surface area contributed by atoms with Gasteiger partial charge in [0, 0.05) is 52.6 Å². The lowest BCUT2D eigenvalue weighted by atomic mass is 9.65. The molecule has 4 aromatic rings. The molecule has 288 valence electrons. The second kappa shape index (κ2) is 13.8. The standard InChI is InChI=1S/C46H47N3O7/c1-5-26-16-28-15-25-13-14-46(20-25)21-29-17-31(51)19-38(53-4)39(29)33-12-11-32-35(23-54-24(2)50)43(56-44(32)41(33)46)40-27(7-6-8-36(28)49-45(26)47)18-37(52)42-34(40)10-9-30(48-3)22-55-42/h9-12,16-19,25,30,35,43,48,51-52H,5,7,13-15,20-23H2,1-4H3,(H2,47,49)/t25-,30-,35+,43+,46-/m1/s1. The topological polar surface area (TPSA) is 145 Å². The maximum Gasteiger partial charge on any atom is 0.302 e. The van der Waals surface area contributed by atoms with Crippen LogP contribution in [-0.2, 0) is 40.6 Å². The van der Waals surface area contributed by atoms with Crippen molar-refractivity contribution in [2.75, 3.05) is 33.1 Å². The van der Waals surface area contributed by atoms with Crippen molar-refractivity contribution in [3.8, 4) is 51.7 Å². The number of hydrogen-bond donors (Lipinski definition) is 4. The van der Waals surface area contributed by atoms with E-state index in [-0.39, 0.29) is 47.9 Å². The zero-order chi connectivity index (χ0) is 38.9. The molecule has 0 saturated heterocycles. The molecule has 1 saturated carbocycles. The third-order valence-corrected chi connectivity index (χ3v) is 12.7. The number of aromatic hydroxyl groups is 2. The first kappa shape index (κ1) is 36.0. The number of phenols is 2. The molecular formula is C46H47N3O7. The van der Waals surface area contributed by atoms with Gasteiger partial charge in [0.2, 0.25) is 0 Å². The fourth-order valence-electron chi connectivity index (χ4n) is 10.1. The van der Waals surface area contributed by atoms with Gasteiger partial charge in [0.1, 0.15) is 48.1 Å². The van der Waals surface area contributed by atoms with Crippen molar-refractivity contribution in [1.82, 2.24) is 10.3 Å². The fourth-order valence-corrected chi connectivity index (χ4v) is 10.1. The summed E-state index contributed by atoms with van der Waals surface area (Å²) in [7, 11) is 3.51. The summed E-state index contributed by atoms with van der Waals surface area (Å²) in [4.78, 5) is 17.3. The average molecular weight is 754 g/mol. The molecule has 3 aromatic carbocycles. The molecule has 10 heteroatoms. The summed E-state index contributed by atoms with van der Waals surface area (Å²) in [5.74, 6) is 8.83. The van der Waals surface area contributed by atoms with Crippen molar-refractivity contribution >= 4 is 17.9 Å². The summed E-state index contributed by atoms with van der Waals surface area (Å²) in [5.41, 5.74) is 16.4. The van der Waals surface area contributed by atoms with Gasteiger partial charge in [-0.1, -0.05) is 37.1 Å². The number of esters is 1. The van der Waals surface area contributed by atoms with Crippen molar-refractivity contribution in [1.29, 1.82) is 0 Å². The number of benzene rings is 3. The van der Waals surface area contributed by atoms with E-state index >= 15 is 0 Å². The van der Waals surface area contributed by atoms with E-state index < -0.39 is 6.10 Å². The molecule has 1 spiro atoms. The predicted octanol–water partition coefficient (Wildman–Crippen LogP) is 6.83. The summed E-state index contributed by atoms with van der Waals surface area (Å²) in [6.07, 6.45) is 8.75. The highest BCUT2D eigenvalue weighted by atomic mass is 16.5. The van der Waals surface area contributed by atoms with Crippen molar-refractivity contribution in [3.05, 3.63) is 92.7 Å². The van der Waals surface area contributed by atoms with Crippen molar-refractivity contribution < 1.29 is 34.0 Å². The van der Waals surface area contributed by atoms with Crippen LogP contribution >= 0.6 is 0 Å². The first-order valence-corrected chi connectivity index (χ1v) is 19.6. The molecule has 5 atom stereocenters. The minimum Gasteiger partial charge on any atom is -0.508 e. The summed E-state index contributed by atoms with van der Waals surface area (Å²) in [6, 6.07) is 11.7. The Morgan fingerprint density at radius 3 is 2.79 bits per heavy atom. The highest BCUT2D eigenvalue weighted by molar-refractivity contribution is 5.84. The summed E-state index contributed by atoms with van der Waals surface area (Å²) in [5, 5.41) is 25.7. The molecule has 2 aliphatic carbocycles. The number of aromatic nitrogens is 1. The Morgan fingerprint density at radius 2 is 2.00 bits per heavy atom. The van der Waals surface area contributed by atoms with Crippen LogP contribution in [0.3, 0.4) is 0 Å². The maximum absolute atomic E-state index is 12.5. The minimum atomic E-state index is -0.614. The van der Waals surface area contributed by atoms with E-state index in [0.29, 0.717) is 47.5 Å². The van der Waals surface area contributed by atoms with E-state index in [1.165, 1.54) is 6.92 Å². The molecular weight excluding hydrogens is 707 g/mol. The van der Waals surface area contributed by atoms with Crippen molar-refractivity contribution in [2.24, 2.45) is 5.92 Å². The average Bonchev–Trinajstić information content (AvgIpc) is 3.66. The fraction of sp³-hybridized carbons (Fsp3) is 0.391. The lowest BCUT2D eigenvalue weighted by Gasteiger charge is -2.39.